The molecule has 0 saturated heterocycles. The number of amides is 1. The predicted octanol–water partition coefficient (Wildman–Crippen LogP) is 1.03. The molecule has 114 valence electrons. The molecule has 1 aliphatic heterocycles. The maximum absolute atomic E-state index is 12.6. The van der Waals surface area contributed by atoms with Crippen LogP contribution >= 0.6 is 0 Å². The van der Waals surface area contributed by atoms with Crippen molar-refractivity contribution in [3.8, 4) is 0 Å². The average molecular weight is 298 g/mol. The summed E-state index contributed by atoms with van der Waals surface area (Å²) in [5, 5.41) is 0. The lowest BCUT2D eigenvalue weighted by molar-refractivity contribution is 0.0732. The van der Waals surface area contributed by atoms with Gasteiger partial charge < -0.3 is 14.8 Å². The first kappa shape index (κ1) is 14.3. The van der Waals surface area contributed by atoms with Gasteiger partial charge in [0.15, 0.2) is 0 Å². The van der Waals surface area contributed by atoms with E-state index in [1.807, 2.05) is 43.3 Å². The van der Waals surface area contributed by atoms with E-state index in [0.29, 0.717) is 30.6 Å². The highest BCUT2D eigenvalue weighted by atomic mass is 16.2. The van der Waals surface area contributed by atoms with Crippen molar-refractivity contribution in [2.45, 2.75) is 13.0 Å². The normalized spacial score (nSPS) is 13.6. The highest BCUT2D eigenvalue weighted by Gasteiger charge is 2.24. The lowest BCUT2D eigenvalue weighted by Gasteiger charge is -2.27. The van der Waals surface area contributed by atoms with Gasteiger partial charge in [0.05, 0.1) is 24.1 Å². The van der Waals surface area contributed by atoms with Crippen molar-refractivity contribution in [1.82, 2.24) is 14.9 Å². The molecule has 1 amide bonds. The minimum absolute atomic E-state index is 0.0563. The number of rotatable bonds is 2. The Balaban J connectivity index is 1.82. The molecule has 3 rings (SSSR count). The maximum atomic E-state index is 12.6. The van der Waals surface area contributed by atoms with Gasteiger partial charge in [0.2, 0.25) is 0 Å². The number of anilines is 1. The minimum Gasteiger partial charge on any atom is -0.378 e. The largest absolute Gasteiger partial charge is 0.378 e. The second-order valence-corrected chi connectivity index (χ2v) is 5.57. The number of fused-ring (bicyclic) bond motifs is 1. The molecule has 0 atom stereocenters. The molecule has 22 heavy (non-hydrogen) atoms. The van der Waals surface area contributed by atoms with Crippen molar-refractivity contribution in [2.24, 2.45) is 0 Å². The molecule has 1 aromatic carbocycles. The summed E-state index contributed by atoms with van der Waals surface area (Å²) in [4.78, 5) is 34.9. The summed E-state index contributed by atoms with van der Waals surface area (Å²) >= 11 is 0. The van der Waals surface area contributed by atoms with E-state index in [1.54, 1.807) is 4.90 Å². The van der Waals surface area contributed by atoms with Crippen LogP contribution in [-0.4, -0.2) is 41.4 Å². The number of carbonyl (C=O) groups is 1. The zero-order chi connectivity index (χ0) is 15.7. The molecule has 0 saturated carbocycles. The quantitative estimate of drug-likeness (QED) is 0.899. The zero-order valence-electron chi connectivity index (χ0n) is 12.7. The summed E-state index contributed by atoms with van der Waals surface area (Å²) < 4.78 is 0. The Labute approximate surface area is 128 Å². The summed E-state index contributed by atoms with van der Waals surface area (Å²) in [5.74, 6) is -0.0563. The first-order valence-electron chi connectivity index (χ1n) is 7.18. The van der Waals surface area contributed by atoms with Crippen molar-refractivity contribution in [2.75, 3.05) is 25.5 Å². The third kappa shape index (κ3) is 2.59. The summed E-state index contributed by atoms with van der Waals surface area (Å²) in [7, 11) is 3.91. The van der Waals surface area contributed by atoms with Gasteiger partial charge in [0.1, 0.15) is 0 Å². The van der Waals surface area contributed by atoms with Crippen LogP contribution < -0.4 is 10.5 Å². The van der Waals surface area contributed by atoms with Gasteiger partial charge in [-0.1, -0.05) is 0 Å². The molecular weight excluding hydrogens is 280 g/mol. The molecule has 0 radical (unpaired) electrons. The second kappa shape index (κ2) is 5.63. The Morgan fingerprint density at radius 3 is 2.68 bits per heavy atom. The van der Waals surface area contributed by atoms with Gasteiger partial charge in [-0.25, -0.2) is 4.98 Å². The SMILES string of the molecule is CN(C)c1ccc(C(=O)N2CCc3nc[nH]c(=O)c3C2)cc1. The zero-order valence-corrected chi connectivity index (χ0v) is 12.7. The van der Waals surface area contributed by atoms with Crippen LogP contribution in [-0.2, 0) is 13.0 Å². The van der Waals surface area contributed by atoms with Crippen LogP contribution in [0, 0.1) is 0 Å². The van der Waals surface area contributed by atoms with E-state index in [-0.39, 0.29) is 11.5 Å². The van der Waals surface area contributed by atoms with Crippen LogP contribution in [0.15, 0.2) is 35.4 Å². The van der Waals surface area contributed by atoms with E-state index in [0.717, 1.165) is 11.4 Å². The lowest BCUT2D eigenvalue weighted by Crippen LogP contribution is -2.39. The molecule has 1 aliphatic rings. The molecule has 1 aromatic heterocycles. The number of hydrogen-bond acceptors (Lipinski definition) is 4. The van der Waals surface area contributed by atoms with Crippen molar-refractivity contribution in [3.05, 3.63) is 57.8 Å². The van der Waals surface area contributed by atoms with Crippen molar-refractivity contribution in [3.63, 3.8) is 0 Å². The highest BCUT2D eigenvalue weighted by Crippen LogP contribution is 2.18. The van der Waals surface area contributed by atoms with Gasteiger partial charge in [-0.3, -0.25) is 9.59 Å². The number of hydrogen-bond donors (Lipinski definition) is 1. The summed E-state index contributed by atoms with van der Waals surface area (Å²) in [6.45, 7) is 0.893. The average Bonchev–Trinajstić information content (AvgIpc) is 2.54. The number of aromatic amines is 1. The Morgan fingerprint density at radius 2 is 2.00 bits per heavy atom. The van der Waals surface area contributed by atoms with Gasteiger partial charge >= 0.3 is 0 Å². The number of aromatic nitrogens is 2. The molecule has 0 fully saturated rings. The smallest absolute Gasteiger partial charge is 0.255 e. The third-order valence-electron chi connectivity index (χ3n) is 3.92. The van der Waals surface area contributed by atoms with Crippen LogP contribution in [0.1, 0.15) is 21.6 Å². The van der Waals surface area contributed by atoms with Crippen LogP contribution in [0.5, 0.6) is 0 Å². The van der Waals surface area contributed by atoms with Crippen molar-refractivity contribution < 1.29 is 4.79 Å². The second-order valence-electron chi connectivity index (χ2n) is 5.57. The van der Waals surface area contributed by atoms with E-state index in [2.05, 4.69) is 9.97 Å². The molecule has 6 nitrogen and oxygen atoms in total. The summed E-state index contributed by atoms with van der Waals surface area (Å²) in [6.07, 6.45) is 2.03. The van der Waals surface area contributed by atoms with E-state index in [9.17, 15) is 9.59 Å². The predicted molar refractivity (Wildman–Crippen MR) is 84.1 cm³/mol. The number of H-pyrrole nitrogens is 1. The standard InChI is InChI=1S/C16H18N4O2/c1-19(2)12-5-3-11(4-6-12)16(22)20-8-7-14-13(9-20)15(21)18-10-17-14/h3-6,10H,7-9H2,1-2H3,(H,17,18,21). The minimum atomic E-state index is -0.162. The molecule has 0 aliphatic carbocycles. The fraction of sp³-hybridized carbons (Fsp3) is 0.312. The van der Waals surface area contributed by atoms with Gasteiger partial charge in [0, 0.05) is 38.3 Å². The Kier molecular flexibility index (Phi) is 3.66. The molecule has 0 spiro atoms. The Morgan fingerprint density at radius 1 is 1.27 bits per heavy atom. The number of carbonyl (C=O) groups excluding carboxylic acids is 1. The molecular formula is C16H18N4O2. The van der Waals surface area contributed by atoms with Gasteiger partial charge in [-0.2, -0.15) is 0 Å². The Bertz CT molecular complexity index is 749. The van der Waals surface area contributed by atoms with E-state index in [1.165, 1.54) is 6.33 Å². The lowest BCUT2D eigenvalue weighted by atomic mass is 10.1. The molecule has 0 bridgehead atoms. The Hall–Kier alpha value is -2.63. The molecule has 2 heterocycles. The van der Waals surface area contributed by atoms with Crippen molar-refractivity contribution >= 4 is 11.6 Å². The molecule has 2 aromatic rings. The first-order valence-corrected chi connectivity index (χ1v) is 7.18. The number of benzene rings is 1. The van der Waals surface area contributed by atoms with Crippen LogP contribution in [0.3, 0.4) is 0 Å². The van der Waals surface area contributed by atoms with E-state index in [4.69, 9.17) is 0 Å². The van der Waals surface area contributed by atoms with Crippen LogP contribution in [0.2, 0.25) is 0 Å². The fourth-order valence-corrected chi connectivity index (χ4v) is 2.61. The fourth-order valence-electron chi connectivity index (χ4n) is 2.61. The molecule has 0 unspecified atom stereocenters. The van der Waals surface area contributed by atoms with Crippen LogP contribution in [0.4, 0.5) is 5.69 Å². The maximum Gasteiger partial charge on any atom is 0.255 e. The molecule has 1 N–H and O–H groups in total. The van der Waals surface area contributed by atoms with Gasteiger partial charge in [0.25, 0.3) is 11.5 Å². The molecule has 6 heteroatoms. The van der Waals surface area contributed by atoms with Gasteiger partial charge in [-0.05, 0) is 24.3 Å². The van der Waals surface area contributed by atoms with E-state index >= 15 is 0 Å². The summed E-state index contributed by atoms with van der Waals surface area (Å²) in [5.41, 5.74) is 2.89. The van der Waals surface area contributed by atoms with Crippen molar-refractivity contribution in [1.29, 1.82) is 0 Å². The van der Waals surface area contributed by atoms with Gasteiger partial charge in [-0.15, -0.1) is 0 Å². The highest BCUT2D eigenvalue weighted by molar-refractivity contribution is 5.94. The summed E-state index contributed by atoms with van der Waals surface area (Å²) in [6, 6.07) is 7.47. The number of nitrogens with zero attached hydrogens (tertiary/aromatic N) is 3. The number of nitrogens with one attached hydrogen (secondary N) is 1. The first-order chi connectivity index (χ1) is 10.6. The van der Waals surface area contributed by atoms with E-state index < -0.39 is 0 Å². The third-order valence-corrected chi connectivity index (χ3v) is 3.92. The topological polar surface area (TPSA) is 69.3 Å². The van der Waals surface area contributed by atoms with Crippen LogP contribution in [0.25, 0.3) is 0 Å². The monoisotopic (exact) mass is 298 g/mol.